The van der Waals surface area contributed by atoms with Gasteiger partial charge in [-0.2, -0.15) is 0 Å². The largest absolute Gasteiger partial charge is 0.427 e. The van der Waals surface area contributed by atoms with Gasteiger partial charge in [-0.3, -0.25) is 28.9 Å². The molecule has 2 aromatic rings. The molecule has 9 nitrogen and oxygen atoms in total. The average molecular weight is 492 g/mol. The number of carbonyl (C=O) groups excluding carboxylic acids is 5. The predicted octanol–water partition coefficient (Wildman–Crippen LogP) is 2.66. The maximum atomic E-state index is 12.7. The van der Waals surface area contributed by atoms with E-state index < -0.39 is 5.97 Å². The molecule has 1 saturated heterocycles. The fraction of sp³-hybridized carbons (Fsp3) is 0.370. The summed E-state index contributed by atoms with van der Waals surface area (Å²) in [5.41, 5.74) is 1.25. The van der Waals surface area contributed by atoms with Crippen molar-refractivity contribution in [1.82, 2.24) is 15.1 Å². The molecule has 4 rings (SSSR count). The van der Waals surface area contributed by atoms with Crippen LogP contribution in [-0.2, 0) is 9.59 Å². The van der Waals surface area contributed by atoms with Crippen LogP contribution in [0.15, 0.2) is 48.5 Å². The van der Waals surface area contributed by atoms with E-state index in [2.05, 4.69) is 5.32 Å². The number of fused-ring (bicyclic) bond motifs is 1. The van der Waals surface area contributed by atoms with Crippen LogP contribution in [0.1, 0.15) is 63.7 Å². The van der Waals surface area contributed by atoms with Crippen molar-refractivity contribution in [2.45, 2.75) is 32.6 Å². The highest BCUT2D eigenvalue weighted by molar-refractivity contribution is 6.21. The molecule has 36 heavy (non-hydrogen) atoms. The number of nitrogens with zero attached hydrogens (tertiary/aromatic N) is 2. The van der Waals surface area contributed by atoms with Crippen LogP contribution in [0.4, 0.5) is 0 Å². The summed E-state index contributed by atoms with van der Waals surface area (Å²) in [6.07, 6.45) is 2.25. The molecule has 1 N–H and O–H groups in total. The first-order valence-electron chi connectivity index (χ1n) is 12.1. The number of esters is 1. The molecule has 0 aromatic heterocycles. The quantitative estimate of drug-likeness (QED) is 0.345. The van der Waals surface area contributed by atoms with Crippen LogP contribution in [0.25, 0.3) is 0 Å². The fourth-order valence-corrected chi connectivity index (χ4v) is 4.58. The molecule has 4 amide bonds. The van der Waals surface area contributed by atoms with Gasteiger partial charge in [-0.05, 0) is 55.5 Å². The predicted molar refractivity (Wildman–Crippen MR) is 130 cm³/mol. The van der Waals surface area contributed by atoms with Crippen molar-refractivity contribution in [2.24, 2.45) is 5.92 Å². The van der Waals surface area contributed by atoms with Crippen LogP contribution in [0.3, 0.4) is 0 Å². The lowest BCUT2D eigenvalue weighted by atomic mass is 9.96. The van der Waals surface area contributed by atoms with Crippen LogP contribution < -0.4 is 10.1 Å². The molecule has 0 bridgehead atoms. The van der Waals surface area contributed by atoms with Crippen molar-refractivity contribution in [3.05, 3.63) is 65.2 Å². The second-order valence-electron chi connectivity index (χ2n) is 9.07. The lowest BCUT2D eigenvalue weighted by molar-refractivity contribution is -0.133. The number of carbonyl (C=O) groups is 5. The van der Waals surface area contributed by atoms with Gasteiger partial charge in [0.15, 0.2) is 0 Å². The number of benzene rings is 2. The highest BCUT2D eigenvalue weighted by Gasteiger charge is 2.34. The Balaban J connectivity index is 1.17. The summed E-state index contributed by atoms with van der Waals surface area (Å²) in [6.45, 7) is 3.23. The molecule has 1 fully saturated rings. The van der Waals surface area contributed by atoms with Crippen LogP contribution >= 0.6 is 0 Å². The molecule has 188 valence electrons. The Morgan fingerprint density at radius 1 is 0.972 bits per heavy atom. The zero-order valence-corrected chi connectivity index (χ0v) is 20.2. The molecule has 0 aliphatic carbocycles. The summed E-state index contributed by atoms with van der Waals surface area (Å²) in [5, 5.41) is 2.92. The van der Waals surface area contributed by atoms with Gasteiger partial charge in [0.25, 0.3) is 17.7 Å². The van der Waals surface area contributed by atoms with Gasteiger partial charge in [0, 0.05) is 45.1 Å². The third kappa shape index (κ3) is 5.79. The Kier molecular flexibility index (Phi) is 7.77. The van der Waals surface area contributed by atoms with Gasteiger partial charge >= 0.3 is 5.97 Å². The van der Waals surface area contributed by atoms with Gasteiger partial charge in [0.1, 0.15) is 5.75 Å². The summed E-state index contributed by atoms with van der Waals surface area (Å²) in [4.78, 5) is 64.1. The van der Waals surface area contributed by atoms with E-state index >= 15 is 0 Å². The molecular weight excluding hydrogens is 462 g/mol. The minimum Gasteiger partial charge on any atom is -0.427 e. The molecule has 0 radical (unpaired) electrons. The minimum absolute atomic E-state index is 0.0105. The molecule has 2 aromatic carbocycles. The SMILES string of the molecule is CC(=O)Oc1cccc(C(=O)NCC2CCN(C(=O)CCCN3C(=O)c4ccccc4C3=O)CC2)c1. The lowest BCUT2D eigenvalue weighted by Crippen LogP contribution is -2.41. The Hall–Kier alpha value is -4.01. The van der Waals surface area contributed by atoms with Crippen LogP contribution in [0, 0.1) is 5.92 Å². The Labute approximate surface area is 209 Å². The van der Waals surface area contributed by atoms with Crippen molar-refractivity contribution in [3.8, 4) is 5.75 Å². The Morgan fingerprint density at radius 2 is 1.64 bits per heavy atom. The number of hydrogen-bond acceptors (Lipinski definition) is 6. The Morgan fingerprint density at radius 3 is 2.28 bits per heavy atom. The summed E-state index contributed by atoms with van der Waals surface area (Å²) in [6, 6.07) is 13.2. The summed E-state index contributed by atoms with van der Waals surface area (Å²) < 4.78 is 5.02. The molecule has 9 heteroatoms. The summed E-state index contributed by atoms with van der Waals surface area (Å²) >= 11 is 0. The van der Waals surface area contributed by atoms with Gasteiger partial charge in [0.05, 0.1) is 11.1 Å². The number of hydrogen-bond donors (Lipinski definition) is 1. The first-order valence-corrected chi connectivity index (χ1v) is 12.1. The van der Waals surface area contributed by atoms with Gasteiger partial charge < -0.3 is 15.0 Å². The van der Waals surface area contributed by atoms with Gasteiger partial charge in [-0.25, -0.2) is 0 Å². The Bertz CT molecular complexity index is 1150. The first kappa shape index (κ1) is 25.1. The van der Waals surface area contributed by atoms with Crippen LogP contribution in [0.2, 0.25) is 0 Å². The van der Waals surface area contributed by atoms with E-state index in [1.807, 2.05) is 4.90 Å². The van der Waals surface area contributed by atoms with Crippen molar-refractivity contribution in [1.29, 1.82) is 0 Å². The average Bonchev–Trinajstić information content (AvgIpc) is 3.12. The number of imide groups is 1. The van der Waals surface area contributed by atoms with E-state index in [1.165, 1.54) is 17.9 Å². The zero-order chi connectivity index (χ0) is 25.7. The standard InChI is InChI=1S/C27H29N3O6/c1-18(31)36-21-7-4-6-20(16-21)25(33)28-17-19-11-14-29(15-12-19)24(32)10-5-13-30-26(34)22-8-2-3-9-23(22)27(30)35/h2-4,6-9,16,19H,5,10-15,17H2,1H3,(H,28,33). The number of nitrogens with one attached hydrogen (secondary N) is 1. The number of likely N-dealkylation sites (tertiary alicyclic amines) is 1. The lowest BCUT2D eigenvalue weighted by Gasteiger charge is -2.32. The molecule has 2 aliphatic heterocycles. The second kappa shape index (κ2) is 11.2. The minimum atomic E-state index is -0.447. The summed E-state index contributed by atoms with van der Waals surface area (Å²) in [7, 11) is 0. The molecule has 0 saturated carbocycles. The van der Waals surface area contributed by atoms with Crippen molar-refractivity contribution >= 4 is 29.6 Å². The zero-order valence-electron chi connectivity index (χ0n) is 20.2. The molecule has 0 atom stereocenters. The third-order valence-electron chi connectivity index (χ3n) is 6.53. The highest BCUT2D eigenvalue weighted by Crippen LogP contribution is 2.23. The van der Waals surface area contributed by atoms with Crippen LogP contribution in [0.5, 0.6) is 5.75 Å². The molecule has 2 aliphatic rings. The fourth-order valence-electron chi connectivity index (χ4n) is 4.58. The van der Waals surface area contributed by atoms with Gasteiger partial charge in [-0.15, -0.1) is 0 Å². The first-order chi connectivity index (χ1) is 17.3. The van der Waals surface area contributed by atoms with Crippen molar-refractivity contribution < 1.29 is 28.7 Å². The highest BCUT2D eigenvalue weighted by atomic mass is 16.5. The maximum absolute atomic E-state index is 12.7. The smallest absolute Gasteiger partial charge is 0.308 e. The van der Waals surface area contributed by atoms with Crippen molar-refractivity contribution in [2.75, 3.05) is 26.2 Å². The van der Waals surface area contributed by atoms with Crippen molar-refractivity contribution in [3.63, 3.8) is 0 Å². The maximum Gasteiger partial charge on any atom is 0.308 e. The van der Waals surface area contributed by atoms with E-state index in [-0.39, 0.29) is 42.5 Å². The normalized spacial score (nSPS) is 15.6. The molecule has 2 heterocycles. The van der Waals surface area contributed by atoms with E-state index in [0.717, 1.165) is 12.8 Å². The van der Waals surface area contributed by atoms with Crippen LogP contribution in [-0.4, -0.2) is 65.6 Å². The number of amides is 4. The van der Waals surface area contributed by atoms with Gasteiger partial charge in [0.2, 0.25) is 5.91 Å². The number of piperidine rings is 1. The molecular formula is C27H29N3O6. The number of rotatable bonds is 8. The second-order valence-corrected chi connectivity index (χ2v) is 9.07. The van der Waals surface area contributed by atoms with E-state index in [1.54, 1.807) is 42.5 Å². The van der Waals surface area contributed by atoms with Gasteiger partial charge in [-0.1, -0.05) is 18.2 Å². The molecule has 0 spiro atoms. The van der Waals surface area contributed by atoms with E-state index in [0.29, 0.717) is 48.5 Å². The number of ether oxygens (including phenoxy) is 1. The third-order valence-corrected chi connectivity index (χ3v) is 6.53. The molecule has 0 unspecified atom stereocenters. The van der Waals surface area contributed by atoms with E-state index in [4.69, 9.17) is 4.74 Å². The van der Waals surface area contributed by atoms with E-state index in [9.17, 15) is 24.0 Å². The summed E-state index contributed by atoms with van der Waals surface area (Å²) in [5.74, 6) is -0.699. The topological polar surface area (TPSA) is 113 Å². The monoisotopic (exact) mass is 491 g/mol.